The van der Waals surface area contributed by atoms with Crippen LogP contribution in [-0.2, 0) is 14.4 Å². The summed E-state index contributed by atoms with van der Waals surface area (Å²) in [7, 11) is 3.13. The molecule has 0 N–H and O–H groups in total. The number of hydrogen-bond acceptors (Lipinski definition) is 7. The van der Waals surface area contributed by atoms with Gasteiger partial charge in [-0.3, -0.25) is 4.79 Å². The van der Waals surface area contributed by atoms with E-state index >= 15 is 0 Å². The maximum absolute atomic E-state index is 10.9. The van der Waals surface area contributed by atoms with Crippen molar-refractivity contribution in [3.05, 3.63) is 17.7 Å². The fourth-order valence-corrected chi connectivity index (χ4v) is 2.64. The molecule has 0 bridgehead atoms. The summed E-state index contributed by atoms with van der Waals surface area (Å²) in [5.41, 5.74) is 1.58. The number of rotatable bonds is 4. The van der Waals surface area contributed by atoms with Crippen LogP contribution < -0.4 is 14.2 Å². The van der Waals surface area contributed by atoms with Crippen molar-refractivity contribution in [2.45, 2.75) is 13.0 Å². The number of carbonyl (C=O) groups excluding carboxylic acids is 1. The summed E-state index contributed by atoms with van der Waals surface area (Å²) in [6, 6.07) is 3.66. The van der Waals surface area contributed by atoms with Crippen LogP contribution in [0.2, 0.25) is 0 Å². The van der Waals surface area contributed by atoms with E-state index in [9.17, 15) is 4.79 Å². The molecule has 118 valence electrons. The molecule has 3 rings (SSSR count). The summed E-state index contributed by atoms with van der Waals surface area (Å²) in [6.07, 6.45) is -0.333. The molecule has 0 aromatic heterocycles. The fourth-order valence-electron chi connectivity index (χ4n) is 2.64. The van der Waals surface area contributed by atoms with Crippen LogP contribution in [0.4, 0.5) is 0 Å². The summed E-state index contributed by atoms with van der Waals surface area (Å²) >= 11 is 0. The molecule has 0 spiro atoms. The lowest BCUT2D eigenvalue weighted by atomic mass is 9.90. The van der Waals surface area contributed by atoms with Gasteiger partial charge in [-0.25, -0.2) is 0 Å². The highest BCUT2D eigenvalue weighted by Crippen LogP contribution is 2.44. The summed E-state index contributed by atoms with van der Waals surface area (Å²) in [5, 5.41) is 4.14. The van der Waals surface area contributed by atoms with Gasteiger partial charge in [0.25, 0.3) is 0 Å². The largest absolute Gasteiger partial charge is 0.493 e. The van der Waals surface area contributed by atoms with E-state index in [0.29, 0.717) is 23.9 Å². The van der Waals surface area contributed by atoms with E-state index in [-0.39, 0.29) is 24.6 Å². The molecule has 0 radical (unpaired) electrons. The highest BCUT2D eigenvalue weighted by atomic mass is 16.7. The highest BCUT2D eigenvalue weighted by molar-refractivity contribution is 6.07. The van der Waals surface area contributed by atoms with Crippen LogP contribution in [-0.4, -0.2) is 45.2 Å². The van der Waals surface area contributed by atoms with E-state index in [2.05, 4.69) is 5.16 Å². The minimum absolute atomic E-state index is 0.0787. The maximum Gasteiger partial charge on any atom is 0.302 e. The molecule has 1 aromatic carbocycles. The number of esters is 1. The van der Waals surface area contributed by atoms with E-state index < -0.39 is 0 Å². The van der Waals surface area contributed by atoms with E-state index in [1.54, 1.807) is 20.3 Å². The number of hydrogen-bond donors (Lipinski definition) is 0. The Labute approximate surface area is 127 Å². The van der Waals surface area contributed by atoms with Gasteiger partial charge in [0.1, 0.15) is 18.9 Å². The lowest BCUT2D eigenvalue weighted by molar-refractivity contribution is -0.145. The third kappa shape index (κ3) is 2.32. The molecule has 7 heteroatoms. The Bertz CT molecular complexity index is 627. The molecular formula is C15H17NO6. The van der Waals surface area contributed by atoms with E-state index in [1.165, 1.54) is 6.92 Å². The first-order chi connectivity index (χ1) is 10.7. The predicted octanol–water partition coefficient (Wildman–Crippen LogP) is 1.38. The van der Waals surface area contributed by atoms with Crippen molar-refractivity contribution in [1.29, 1.82) is 0 Å². The molecule has 2 aliphatic rings. The lowest BCUT2D eigenvalue weighted by Gasteiger charge is -2.26. The number of nitrogens with zero attached hydrogens (tertiary/aromatic N) is 1. The standard InChI is InChI=1S/C15H17NO6/c1-8(17)20-7-12-10-6-21-14-9(13(10)16-22-12)4-5-11(18-2)15(14)19-3/h4-5,10,12H,6-7H2,1-3H3/t10-,12+/m1/s1. The highest BCUT2D eigenvalue weighted by Gasteiger charge is 2.41. The predicted molar refractivity (Wildman–Crippen MR) is 76.6 cm³/mol. The summed E-state index contributed by atoms with van der Waals surface area (Å²) < 4.78 is 21.5. The molecular weight excluding hydrogens is 290 g/mol. The first-order valence-electron chi connectivity index (χ1n) is 6.91. The Hall–Kier alpha value is -2.44. The van der Waals surface area contributed by atoms with Gasteiger partial charge in [0.2, 0.25) is 5.75 Å². The molecule has 0 fully saturated rings. The van der Waals surface area contributed by atoms with Gasteiger partial charge in [0.15, 0.2) is 17.6 Å². The summed E-state index contributed by atoms with van der Waals surface area (Å²) in [5.74, 6) is 1.29. The molecule has 0 amide bonds. The van der Waals surface area contributed by atoms with Crippen molar-refractivity contribution >= 4 is 11.7 Å². The number of oxime groups is 1. The van der Waals surface area contributed by atoms with Crippen molar-refractivity contribution in [2.24, 2.45) is 11.1 Å². The van der Waals surface area contributed by atoms with Gasteiger partial charge in [0, 0.05) is 12.5 Å². The van der Waals surface area contributed by atoms with E-state index in [4.69, 9.17) is 23.8 Å². The number of fused-ring (bicyclic) bond motifs is 3. The molecule has 2 atom stereocenters. The molecule has 1 aromatic rings. The second kappa shape index (κ2) is 5.75. The second-order valence-electron chi connectivity index (χ2n) is 5.02. The van der Waals surface area contributed by atoms with Gasteiger partial charge < -0.3 is 23.8 Å². The van der Waals surface area contributed by atoms with Crippen molar-refractivity contribution in [1.82, 2.24) is 0 Å². The SMILES string of the molecule is COc1ccc2c(c1OC)OC[C@H]1C2=NO[C@H]1COC(C)=O. The van der Waals surface area contributed by atoms with Crippen LogP contribution in [0.5, 0.6) is 17.2 Å². The molecule has 0 saturated carbocycles. The second-order valence-corrected chi connectivity index (χ2v) is 5.02. The van der Waals surface area contributed by atoms with Crippen molar-refractivity contribution < 1.29 is 28.6 Å². The third-order valence-corrected chi connectivity index (χ3v) is 3.72. The van der Waals surface area contributed by atoms with E-state index in [1.807, 2.05) is 6.07 Å². The van der Waals surface area contributed by atoms with Gasteiger partial charge in [-0.1, -0.05) is 5.16 Å². The average molecular weight is 307 g/mol. The Morgan fingerprint density at radius 1 is 1.36 bits per heavy atom. The Morgan fingerprint density at radius 2 is 2.18 bits per heavy atom. The lowest BCUT2D eigenvalue weighted by Crippen LogP contribution is -2.36. The van der Waals surface area contributed by atoms with Crippen LogP contribution in [0.1, 0.15) is 12.5 Å². The molecule has 2 aliphatic heterocycles. The van der Waals surface area contributed by atoms with Crippen molar-refractivity contribution in [2.75, 3.05) is 27.4 Å². The average Bonchev–Trinajstić information content (AvgIpc) is 2.94. The number of carbonyl (C=O) groups is 1. The zero-order valence-electron chi connectivity index (χ0n) is 12.6. The molecule has 0 saturated heterocycles. The minimum atomic E-state index is -0.347. The smallest absolute Gasteiger partial charge is 0.302 e. The minimum Gasteiger partial charge on any atom is -0.493 e. The topological polar surface area (TPSA) is 75.6 Å². The van der Waals surface area contributed by atoms with Crippen LogP contribution in [0.25, 0.3) is 0 Å². The third-order valence-electron chi connectivity index (χ3n) is 3.72. The first kappa shape index (κ1) is 14.5. The quantitative estimate of drug-likeness (QED) is 0.782. The monoisotopic (exact) mass is 307 g/mol. The van der Waals surface area contributed by atoms with Crippen molar-refractivity contribution in [3.8, 4) is 17.2 Å². The van der Waals surface area contributed by atoms with Crippen molar-refractivity contribution in [3.63, 3.8) is 0 Å². The van der Waals surface area contributed by atoms with Crippen LogP contribution >= 0.6 is 0 Å². The van der Waals surface area contributed by atoms with Crippen LogP contribution in [0.15, 0.2) is 17.3 Å². The molecule has 2 heterocycles. The Kier molecular flexibility index (Phi) is 3.79. The van der Waals surface area contributed by atoms with Gasteiger partial charge in [-0.15, -0.1) is 0 Å². The van der Waals surface area contributed by atoms with Gasteiger partial charge >= 0.3 is 5.97 Å². The Morgan fingerprint density at radius 3 is 2.86 bits per heavy atom. The summed E-state index contributed by atoms with van der Waals surface area (Å²) in [6.45, 7) is 1.89. The van der Waals surface area contributed by atoms with E-state index in [0.717, 1.165) is 11.3 Å². The number of ether oxygens (including phenoxy) is 4. The number of benzene rings is 1. The normalized spacial score (nSPS) is 21.7. The molecule has 0 aliphatic carbocycles. The fraction of sp³-hybridized carbons (Fsp3) is 0.467. The maximum atomic E-state index is 10.9. The zero-order chi connectivity index (χ0) is 15.7. The van der Waals surface area contributed by atoms with Crippen LogP contribution in [0.3, 0.4) is 0 Å². The first-order valence-corrected chi connectivity index (χ1v) is 6.91. The van der Waals surface area contributed by atoms with Crippen LogP contribution in [0, 0.1) is 5.92 Å². The molecule has 7 nitrogen and oxygen atoms in total. The molecule has 0 unspecified atom stereocenters. The number of methoxy groups -OCH3 is 2. The summed E-state index contributed by atoms with van der Waals surface area (Å²) in [4.78, 5) is 16.3. The van der Waals surface area contributed by atoms with Gasteiger partial charge in [-0.05, 0) is 12.1 Å². The zero-order valence-corrected chi connectivity index (χ0v) is 12.6. The molecule has 22 heavy (non-hydrogen) atoms. The Balaban J connectivity index is 1.88. The van der Waals surface area contributed by atoms with Gasteiger partial charge in [-0.2, -0.15) is 0 Å². The van der Waals surface area contributed by atoms with Gasteiger partial charge in [0.05, 0.1) is 20.1 Å².